The molecule has 2 aromatic heterocycles. The van der Waals surface area contributed by atoms with Gasteiger partial charge in [0.05, 0.1) is 17.8 Å². The number of morpholine rings is 1. The number of nitrogens with zero attached hydrogens (tertiary/aromatic N) is 5. The first-order valence-corrected chi connectivity index (χ1v) is 9.50. The predicted octanol–water partition coefficient (Wildman–Crippen LogP) is 3.66. The molecule has 0 N–H and O–H groups in total. The summed E-state index contributed by atoms with van der Waals surface area (Å²) < 4.78 is 46.1. The maximum atomic E-state index is 13.1. The summed E-state index contributed by atoms with van der Waals surface area (Å²) in [5.74, 6) is 0. The van der Waals surface area contributed by atoms with Gasteiger partial charge in [0.15, 0.2) is 6.10 Å². The van der Waals surface area contributed by atoms with Crippen LogP contribution >= 0.6 is 0 Å². The largest absolute Gasteiger partial charge is 0.415 e. The van der Waals surface area contributed by atoms with Crippen LogP contribution in [0, 0.1) is 11.3 Å². The van der Waals surface area contributed by atoms with Crippen LogP contribution in [0.2, 0.25) is 0 Å². The Bertz CT molecular complexity index is 1120. The lowest BCUT2D eigenvalue weighted by Gasteiger charge is -2.37. The lowest BCUT2D eigenvalue weighted by Crippen LogP contribution is -2.51. The molecule has 1 saturated heterocycles. The molecule has 0 saturated carbocycles. The van der Waals surface area contributed by atoms with Gasteiger partial charge in [0.25, 0.3) is 0 Å². The first kappa shape index (κ1) is 20.3. The van der Waals surface area contributed by atoms with Gasteiger partial charge in [0, 0.05) is 43.8 Å². The van der Waals surface area contributed by atoms with Crippen molar-refractivity contribution in [1.29, 1.82) is 5.26 Å². The van der Waals surface area contributed by atoms with Crippen LogP contribution in [-0.2, 0) is 18.3 Å². The van der Waals surface area contributed by atoms with Crippen LogP contribution in [0.3, 0.4) is 0 Å². The lowest BCUT2D eigenvalue weighted by atomic mass is 10.0. The van der Waals surface area contributed by atoms with E-state index in [-0.39, 0.29) is 12.2 Å². The van der Waals surface area contributed by atoms with Gasteiger partial charge in [-0.3, -0.25) is 9.58 Å². The normalized spacial score (nSPS) is 20.4. The Labute approximate surface area is 171 Å². The highest BCUT2D eigenvalue weighted by Crippen LogP contribution is 2.31. The van der Waals surface area contributed by atoms with Crippen molar-refractivity contribution in [3.05, 3.63) is 47.9 Å². The summed E-state index contributed by atoms with van der Waals surface area (Å²) in [6, 6.07) is 9.41. The lowest BCUT2D eigenvalue weighted by molar-refractivity contribution is -0.252. The number of fused-ring (bicyclic) bond motifs is 1. The first-order chi connectivity index (χ1) is 14.2. The van der Waals surface area contributed by atoms with Gasteiger partial charge in [0.1, 0.15) is 11.8 Å². The van der Waals surface area contributed by atoms with Crippen molar-refractivity contribution < 1.29 is 17.9 Å². The van der Waals surface area contributed by atoms with Crippen molar-refractivity contribution in [3.8, 4) is 17.2 Å². The molecule has 0 spiro atoms. The number of hydrogen-bond acceptors (Lipinski definition) is 5. The topological polar surface area (TPSA) is 67.0 Å². The highest BCUT2D eigenvalue weighted by atomic mass is 19.4. The van der Waals surface area contributed by atoms with E-state index in [1.165, 1.54) is 0 Å². The smallest absolute Gasteiger partial charge is 0.363 e. The second kappa shape index (κ2) is 7.70. The average Bonchev–Trinajstić information content (AvgIpc) is 3.12. The standard InChI is InChI=1S/C21H20F3N5O/c1-13-9-29(12-20(30-13)21(22,23)24)10-14-3-4-17-18(15-8-26-28(2)11-15)6-16(7-25)27-19(17)5-14/h3-6,8,11,13,20H,9-10,12H2,1-2H3/t13-,20-/m1/s1. The van der Waals surface area contributed by atoms with E-state index in [4.69, 9.17) is 4.74 Å². The highest BCUT2D eigenvalue weighted by molar-refractivity contribution is 5.95. The molecule has 9 heteroatoms. The monoisotopic (exact) mass is 415 g/mol. The summed E-state index contributed by atoms with van der Waals surface area (Å²) >= 11 is 0. The van der Waals surface area contributed by atoms with Crippen LogP contribution in [0.25, 0.3) is 22.0 Å². The zero-order valence-corrected chi connectivity index (χ0v) is 16.5. The van der Waals surface area contributed by atoms with Crippen molar-refractivity contribution in [3.63, 3.8) is 0 Å². The molecule has 3 aromatic rings. The zero-order chi connectivity index (χ0) is 21.5. The fourth-order valence-corrected chi connectivity index (χ4v) is 3.84. The molecule has 30 heavy (non-hydrogen) atoms. The van der Waals surface area contributed by atoms with E-state index in [1.807, 2.05) is 31.4 Å². The fraction of sp³-hybridized carbons (Fsp3) is 0.381. The fourth-order valence-electron chi connectivity index (χ4n) is 3.84. The van der Waals surface area contributed by atoms with Gasteiger partial charge in [-0.2, -0.15) is 23.5 Å². The number of nitriles is 1. The van der Waals surface area contributed by atoms with Gasteiger partial charge >= 0.3 is 6.18 Å². The molecule has 0 aliphatic carbocycles. The molecular weight excluding hydrogens is 395 g/mol. The van der Waals surface area contributed by atoms with Crippen molar-refractivity contribution >= 4 is 10.9 Å². The quantitative estimate of drug-likeness (QED) is 0.653. The summed E-state index contributed by atoms with van der Waals surface area (Å²) in [5.41, 5.74) is 3.43. The second-order valence-electron chi connectivity index (χ2n) is 7.59. The predicted molar refractivity (Wildman–Crippen MR) is 104 cm³/mol. The number of hydrogen-bond donors (Lipinski definition) is 0. The van der Waals surface area contributed by atoms with E-state index in [0.717, 1.165) is 22.1 Å². The third-order valence-corrected chi connectivity index (χ3v) is 5.11. The third kappa shape index (κ3) is 4.15. The molecule has 0 amide bonds. The van der Waals surface area contributed by atoms with Crippen molar-refractivity contribution in [2.45, 2.75) is 31.9 Å². The molecule has 0 unspecified atom stereocenters. The molecule has 1 aliphatic rings. The van der Waals surface area contributed by atoms with E-state index >= 15 is 0 Å². The van der Waals surface area contributed by atoms with E-state index < -0.39 is 18.4 Å². The molecule has 0 radical (unpaired) electrons. The van der Waals surface area contributed by atoms with Gasteiger partial charge in [-0.15, -0.1) is 0 Å². The number of pyridine rings is 1. The van der Waals surface area contributed by atoms with Crippen LogP contribution < -0.4 is 0 Å². The molecule has 4 rings (SSSR count). The van der Waals surface area contributed by atoms with Crippen LogP contribution in [0.15, 0.2) is 36.7 Å². The Morgan fingerprint density at radius 3 is 2.73 bits per heavy atom. The number of aromatic nitrogens is 3. The Morgan fingerprint density at radius 1 is 1.27 bits per heavy atom. The van der Waals surface area contributed by atoms with Crippen molar-refractivity contribution in [2.75, 3.05) is 13.1 Å². The maximum Gasteiger partial charge on any atom is 0.415 e. The second-order valence-corrected chi connectivity index (χ2v) is 7.59. The van der Waals surface area contributed by atoms with E-state index in [0.29, 0.717) is 18.6 Å². The van der Waals surface area contributed by atoms with Gasteiger partial charge in [0.2, 0.25) is 0 Å². The number of alkyl halides is 3. The molecule has 2 atom stereocenters. The SMILES string of the molecule is C[C@@H]1CN(Cc2ccc3c(-c4cnn(C)c4)cc(C#N)nc3c2)C[C@H](C(F)(F)F)O1. The van der Waals surface area contributed by atoms with Gasteiger partial charge in [-0.1, -0.05) is 12.1 Å². The summed E-state index contributed by atoms with van der Waals surface area (Å²) in [6.07, 6.45) is -3.11. The molecule has 6 nitrogen and oxygen atoms in total. The summed E-state index contributed by atoms with van der Waals surface area (Å²) in [5, 5.41) is 14.4. The minimum absolute atomic E-state index is 0.210. The Morgan fingerprint density at radius 2 is 2.07 bits per heavy atom. The zero-order valence-electron chi connectivity index (χ0n) is 16.5. The minimum atomic E-state index is -4.39. The highest BCUT2D eigenvalue weighted by Gasteiger charge is 2.44. The molecule has 156 valence electrons. The van der Waals surface area contributed by atoms with Crippen molar-refractivity contribution in [2.24, 2.45) is 7.05 Å². The van der Waals surface area contributed by atoms with Crippen molar-refractivity contribution in [1.82, 2.24) is 19.7 Å². The average molecular weight is 415 g/mol. The maximum absolute atomic E-state index is 13.1. The van der Waals surface area contributed by atoms with Gasteiger partial charge < -0.3 is 4.74 Å². The number of rotatable bonds is 3. The van der Waals surface area contributed by atoms with Crippen LogP contribution in [0.4, 0.5) is 13.2 Å². The van der Waals surface area contributed by atoms with E-state index in [1.54, 1.807) is 28.8 Å². The van der Waals surface area contributed by atoms with Crippen LogP contribution in [0.1, 0.15) is 18.2 Å². The molecule has 1 aromatic carbocycles. The summed E-state index contributed by atoms with van der Waals surface area (Å²) in [6.45, 7) is 2.19. The van der Waals surface area contributed by atoms with Gasteiger partial charge in [-0.25, -0.2) is 4.98 Å². The number of ether oxygens (including phenoxy) is 1. The Balaban J connectivity index is 1.66. The molecule has 0 bridgehead atoms. The molecular formula is C21H20F3N5O. The van der Waals surface area contributed by atoms with E-state index in [9.17, 15) is 18.4 Å². The number of aryl methyl sites for hydroxylation is 1. The van der Waals surface area contributed by atoms with Gasteiger partial charge in [-0.05, 0) is 30.2 Å². The number of halogens is 3. The minimum Gasteiger partial charge on any atom is -0.363 e. The summed E-state index contributed by atoms with van der Waals surface area (Å²) in [4.78, 5) is 6.14. The molecule has 1 aliphatic heterocycles. The van der Waals surface area contributed by atoms with Crippen LogP contribution in [0.5, 0.6) is 0 Å². The van der Waals surface area contributed by atoms with Crippen LogP contribution in [-0.4, -0.2) is 51.1 Å². The van der Waals surface area contributed by atoms with E-state index in [2.05, 4.69) is 16.2 Å². The molecule has 3 heterocycles. The number of benzene rings is 1. The molecule has 1 fully saturated rings. The first-order valence-electron chi connectivity index (χ1n) is 9.50. The summed E-state index contributed by atoms with van der Waals surface area (Å²) in [7, 11) is 1.81. The Hall–Kier alpha value is -2.96. The Kier molecular flexibility index (Phi) is 5.22. The third-order valence-electron chi connectivity index (χ3n) is 5.11.